The molecule has 1 aromatic heterocycles. The number of nitrogens with zero attached hydrogens (tertiary/aromatic N) is 1. The van der Waals surface area contributed by atoms with E-state index < -0.39 is 0 Å². The fourth-order valence-corrected chi connectivity index (χ4v) is 2.47. The highest BCUT2D eigenvalue weighted by molar-refractivity contribution is 6.03. The van der Waals surface area contributed by atoms with E-state index in [1.54, 1.807) is 44.5 Å². The number of nitrogens with one attached hydrogen (secondary N) is 1. The van der Waals surface area contributed by atoms with E-state index in [1.807, 2.05) is 18.2 Å². The lowest BCUT2D eigenvalue weighted by Crippen LogP contribution is -2.03. The summed E-state index contributed by atoms with van der Waals surface area (Å²) in [4.78, 5) is 18.9. The Morgan fingerprint density at radius 1 is 1.24 bits per heavy atom. The summed E-state index contributed by atoms with van der Waals surface area (Å²) in [5.74, 6) is 0.370. The van der Waals surface area contributed by atoms with E-state index in [9.17, 15) is 9.90 Å². The highest BCUT2D eigenvalue weighted by Crippen LogP contribution is 2.29. The number of esters is 1. The van der Waals surface area contributed by atoms with E-state index in [1.165, 1.54) is 0 Å². The second-order valence-electron chi connectivity index (χ2n) is 5.32. The van der Waals surface area contributed by atoms with Crippen molar-refractivity contribution in [2.24, 2.45) is 4.99 Å². The number of carbonyl (C=O) groups is 1. The summed E-state index contributed by atoms with van der Waals surface area (Å²) < 4.78 is 10.2. The van der Waals surface area contributed by atoms with E-state index in [0.29, 0.717) is 29.2 Å². The Bertz CT molecular complexity index is 926. The molecule has 0 saturated heterocycles. The predicted octanol–water partition coefficient (Wildman–Crippen LogP) is 3.81. The van der Waals surface area contributed by atoms with E-state index in [2.05, 4.69) is 9.98 Å². The molecule has 128 valence electrons. The minimum absolute atomic E-state index is 0.0372. The molecule has 6 nitrogen and oxygen atoms in total. The molecule has 2 aromatic carbocycles. The summed E-state index contributed by atoms with van der Waals surface area (Å²) in [6, 6.07) is 12.2. The number of carbonyl (C=O) groups excluding carboxylic acids is 1. The maximum atomic E-state index is 11.6. The van der Waals surface area contributed by atoms with Crippen LogP contribution in [0.2, 0.25) is 0 Å². The van der Waals surface area contributed by atoms with Gasteiger partial charge < -0.3 is 19.6 Å². The predicted molar refractivity (Wildman–Crippen MR) is 96.2 cm³/mol. The molecule has 0 saturated carbocycles. The van der Waals surface area contributed by atoms with Gasteiger partial charge in [0.15, 0.2) is 5.88 Å². The van der Waals surface area contributed by atoms with Crippen molar-refractivity contribution < 1.29 is 19.4 Å². The van der Waals surface area contributed by atoms with Gasteiger partial charge in [-0.15, -0.1) is 0 Å². The van der Waals surface area contributed by atoms with Gasteiger partial charge in [-0.1, -0.05) is 0 Å². The first-order chi connectivity index (χ1) is 12.1. The van der Waals surface area contributed by atoms with Crippen LogP contribution < -0.4 is 4.74 Å². The fraction of sp³-hybridized carbons (Fsp3) is 0.158. The Morgan fingerprint density at radius 2 is 2.00 bits per heavy atom. The van der Waals surface area contributed by atoms with Crippen molar-refractivity contribution in [3.8, 4) is 11.6 Å². The molecule has 0 aliphatic rings. The van der Waals surface area contributed by atoms with Crippen LogP contribution >= 0.6 is 0 Å². The number of methoxy groups -OCH3 is 1. The number of aliphatic imine (C=N–C) groups is 1. The summed E-state index contributed by atoms with van der Waals surface area (Å²) in [6.45, 7) is 2.10. The number of H-pyrrole nitrogens is 1. The van der Waals surface area contributed by atoms with Crippen LogP contribution in [0.15, 0.2) is 47.5 Å². The lowest BCUT2D eigenvalue weighted by atomic mass is 10.1. The molecule has 0 fully saturated rings. The smallest absolute Gasteiger partial charge is 0.338 e. The molecule has 2 N–H and O–H groups in total. The van der Waals surface area contributed by atoms with Crippen LogP contribution in [0.25, 0.3) is 10.9 Å². The molecular weight excluding hydrogens is 320 g/mol. The second kappa shape index (κ2) is 7.09. The molecule has 0 aliphatic heterocycles. The van der Waals surface area contributed by atoms with Gasteiger partial charge in [0, 0.05) is 17.1 Å². The Kier molecular flexibility index (Phi) is 4.70. The number of ether oxygens (including phenoxy) is 2. The Balaban J connectivity index is 1.88. The number of benzene rings is 2. The SMILES string of the molecule is CCOC(=O)c1ccc(N=Cc2c(O)[nH]c3ccc(OC)cc23)cc1. The maximum absolute atomic E-state index is 11.6. The van der Waals surface area contributed by atoms with Gasteiger partial charge in [0.2, 0.25) is 0 Å². The number of aromatic hydroxyl groups is 1. The summed E-state index contributed by atoms with van der Waals surface area (Å²) >= 11 is 0. The summed E-state index contributed by atoms with van der Waals surface area (Å²) in [5.41, 5.74) is 2.49. The van der Waals surface area contributed by atoms with Gasteiger partial charge in [-0.2, -0.15) is 0 Å². The quantitative estimate of drug-likeness (QED) is 0.547. The minimum atomic E-state index is -0.362. The van der Waals surface area contributed by atoms with Gasteiger partial charge in [-0.05, 0) is 49.4 Å². The van der Waals surface area contributed by atoms with Crippen molar-refractivity contribution in [2.45, 2.75) is 6.92 Å². The van der Waals surface area contributed by atoms with Crippen LogP contribution in [0, 0.1) is 0 Å². The summed E-state index contributed by atoms with van der Waals surface area (Å²) in [6.07, 6.45) is 1.58. The zero-order chi connectivity index (χ0) is 17.8. The molecule has 0 aliphatic carbocycles. The van der Waals surface area contributed by atoms with Crippen LogP contribution in [0.5, 0.6) is 11.6 Å². The van der Waals surface area contributed by atoms with Crippen LogP contribution in [0.4, 0.5) is 5.69 Å². The molecule has 0 atom stereocenters. The van der Waals surface area contributed by atoms with Crippen molar-refractivity contribution in [2.75, 3.05) is 13.7 Å². The van der Waals surface area contributed by atoms with E-state index in [4.69, 9.17) is 9.47 Å². The monoisotopic (exact) mass is 338 g/mol. The average molecular weight is 338 g/mol. The van der Waals surface area contributed by atoms with Crippen LogP contribution in [-0.4, -0.2) is 36.0 Å². The average Bonchev–Trinajstić information content (AvgIpc) is 2.94. The molecule has 25 heavy (non-hydrogen) atoms. The highest BCUT2D eigenvalue weighted by atomic mass is 16.5. The highest BCUT2D eigenvalue weighted by Gasteiger charge is 2.10. The van der Waals surface area contributed by atoms with Crippen LogP contribution in [0.3, 0.4) is 0 Å². The van der Waals surface area contributed by atoms with E-state index in [-0.39, 0.29) is 11.8 Å². The third-order valence-corrected chi connectivity index (χ3v) is 3.75. The number of hydrogen-bond acceptors (Lipinski definition) is 5. The third-order valence-electron chi connectivity index (χ3n) is 3.75. The zero-order valence-corrected chi connectivity index (χ0v) is 13.9. The lowest BCUT2D eigenvalue weighted by molar-refractivity contribution is 0.0526. The van der Waals surface area contributed by atoms with Crippen LogP contribution in [-0.2, 0) is 4.74 Å². The Hall–Kier alpha value is -3.28. The van der Waals surface area contributed by atoms with Gasteiger partial charge in [-0.3, -0.25) is 4.99 Å². The van der Waals surface area contributed by atoms with Gasteiger partial charge in [0.1, 0.15) is 5.75 Å². The van der Waals surface area contributed by atoms with Gasteiger partial charge in [0.05, 0.1) is 30.5 Å². The molecule has 3 rings (SSSR count). The van der Waals surface area contributed by atoms with Gasteiger partial charge >= 0.3 is 5.97 Å². The fourth-order valence-electron chi connectivity index (χ4n) is 2.47. The van der Waals surface area contributed by atoms with Crippen molar-refractivity contribution in [3.05, 3.63) is 53.6 Å². The van der Waals surface area contributed by atoms with Crippen molar-refractivity contribution in [1.29, 1.82) is 0 Å². The lowest BCUT2D eigenvalue weighted by Gasteiger charge is -2.01. The first-order valence-corrected chi connectivity index (χ1v) is 7.82. The molecule has 1 heterocycles. The topological polar surface area (TPSA) is 83.9 Å². The van der Waals surface area contributed by atoms with E-state index >= 15 is 0 Å². The maximum Gasteiger partial charge on any atom is 0.338 e. The van der Waals surface area contributed by atoms with Crippen molar-refractivity contribution >= 4 is 28.8 Å². The first kappa shape index (κ1) is 16.6. The number of fused-ring (bicyclic) bond motifs is 1. The second-order valence-corrected chi connectivity index (χ2v) is 5.32. The number of hydrogen-bond donors (Lipinski definition) is 2. The molecule has 6 heteroatoms. The van der Waals surface area contributed by atoms with Crippen LogP contribution in [0.1, 0.15) is 22.8 Å². The minimum Gasteiger partial charge on any atom is -0.497 e. The molecule has 0 bridgehead atoms. The first-order valence-electron chi connectivity index (χ1n) is 7.82. The van der Waals surface area contributed by atoms with Crippen molar-refractivity contribution in [3.63, 3.8) is 0 Å². The third kappa shape index (κ3) is 3.47. The Morgan fingerprint density at radius 3 is 2.68 bits per heavy atom. The number of rotatable bonds is 5. The molecule has 0 spiro atoms. The standard InChI is InChI=1S/C19H18N2O4/c1-3-25-19(23)12-4-6-13(7-5-12)20-11-16-15-10-14(24-2)8-9-17(15)21-18(16)22/h4-11,21-22H,3H2,1-2H3. The molecule has 0 amide bonds. The van der Waals surface area contributed by atoms with Gasteiger partial charge in [0.25, 0.3) is 0 Å². The molecule has 0 unspecified atom stereocenters. The summed E-state index contributed by atoms with van der Waals surface area (Å²) in [5, 5.41) is 10.9. The number of aromatic amines is 1. The largest absolute Gasteiger partial charge is 0.497 e. The zero-order valence-electron chi connectivity index (χ0n) is 13.9. The Labute approximate surface area is 144 Å². The number of aromatic nitrogens is 1. The van der Waals surface area contributed by atoms with E-state index in [0.717, 1.165) is 10.9 Å². The van der Waals surface area contributed by atoms with Gasteiger partial charge in [-0.25, -0.2) is 4.79 Å². The molecule has 3 aromatic rings. The molecule has 0 radical (unpaired) electrons. The molecular formula is C19H18N2O4. The van der Waals surface area contributed by atoms with Crippen molar-refractivity contribution in [1.82, 2.24) is 4.98 Å². The normalized spacial score (nSPS) is 11.1. The summed E-state index contributed by atoms with van der Waals surface area (Å²) in [7, 11) is 1.59.